The molecule has 0 atom stereocenters. The van der Waals surface area contributed by atoms with Crippen LogP contribution in [-0.2, 0) is 4.79 Å². The summed E-state index contributed by atoms with van der Waals surface area (Å²) in [6.07, 6.45) is 3.99. The molecule has 3 nitrogen and oxygen atoms in total. The molecule has 0 saturated heterocycles. The molecule has 0 fully saturated rings. The Morgan fingerprint density at radius 3 is 2.69 bits per heavy atom. The molecule has 2 N–H and O–H groups in total. The van der Waals surface area contributed by atoms with Crippen molar-refractivity contribution in [2.75, 3.05) is 0 Å². The fourth-order valence-electron chi connectivity index (χ4n) is 1.08. The summed E-state index contributed by atoms with van der Waals surface area (Å²) in [6.45, 7) is 3.73. The Morgan fingerprint density at radius 1 is 1.54 bits per heavy atom. The molecule has 1 rings (SSSR count). The summed E-state index contributed by atoms with van der Waals surface area (Å²) in [5, 5.41) is 17.1. The lowest BCUT2D eigenvalue weighted by Crippen LogP contribution is -2.13. The second-order valence-corrected chi connectivity index (χ2v) is 2.96. The number of carbonyl (C=O) groups excluding carboxylic acids is 1. The van der Waals surface area contributed by atoms with E-state index in [9.17, 15) is 4.79 Å². The van der Waals surface area contributed by atoms with Gasteiger partial charge >= 0.3 is 0 Å². The van der Waals surface area contributed by atoms with Crippen LogP contribution in [0.5, 0.6) is 0 Å². The molecule has 0 spiro atoms. The number of Topliss-reactive ketones (excluding diaryl/α,β-unsaturated/α-hetero) is 1. The van der Waals surface area contributed by atoms with Crippen LogP contribution in [0.2, 0.25) is 0 Å². The minimum Gasteiger partial charge on any atom is -0.368 e. The predicted octanol–water partition coefficient (Wildman–Crippen LogP) is 0.699. The lowest BCUT2D eigenvalue weighted by Gasteiger charge is -2.07. The highest BCUT2D eigenvalue weighted by atomic mass is 16.5. The van der Waals surface area contributed by atoms with E-state index >= 15 is 0 Å². The number of allylic oxidation sites excluding steroid dienone is 5. The first kappa shape index (κ1) is 9.89. The SMILES string of the molecule is C=C1C=CC(C(=O)CC(O)O)=CC1. The number of aliphatic hydroxyl groups excluding tert-OH is 1. The fraction of sp³-hybridized carbons (Fsp3) is 0.300. The zero-order valence-electron chi connectivity index (χ0n) is 7.23. The van der Waals surface area contributed by atoms with Gasteiger partial charge in [-0.1, -0.05) is 30.4 Å². The normalized spacial score (nSPS) is 16.2. The summed E-state index contributed by atoms with van der Waals surface area (Å²) in [5.41, 5.74) is 1.47. The highest BCUT2D eigenvalue weighted by Gasteiger charge is 2.12. The maximum atomic E-state index is 11.2. The van der Waals surface area contributed by atoms with Crippen molar-refractivity contribution in [2.45, 2.75) is 19.1 Å². The van der Waals surface area contributed by atoms with Crippen molar-refractivity contribution in [3.63, 3.8) is 0 Å². The molecule has 0 aromatic heterocycles. The van der Waals surface area contributed by atoms with Crippen LogP contribution in [0.3, 0.4) is 0 Å². The molecule has 0 heterocycles. The first-order valence-electron chi connectivity index (χ1n) is 4.05. The molecule has 1 aliphatic rings. The number of rotatable bonds is 3. The van der Waals surface area contributed by atoms with Gasteiger partial charge < -0.3 is 10.2 Å². The van der Waals surface area contributed by atoms with E-state index in [2.05, 4.69) is 6.58 Å². The highest BCUT2D eigenvalue weighted by molar-refractivity contribution is 5.98. The topological polar surface area (TPSA) is 57.5 Å². The summed E-state index contributed by atoms with van der Waals surface area (Å²) in [6, 6.07) is 0. The van der Waals surface area contributed by atoms with Gasteiger partial charge in [-0.15, -0.1) is 0 Å². The molecule has 0 bridgehead atoms. The first-order valence-corrected chi connectivity index (χ1v) is 4.05. The Hall–Kier alpha value is -1.19. The summed E-state index contributed by atoms with van der Waals surface area (Å²) >= 11 is 0. The molecule has 3 heteroatoms. The molecule has 13 heavy (non-hydrogen) atoms. The summed E-state index contributed by atoms with van der Waals surface area (Å²) in [7, 11) is 0. The van der Waals surface area contributed by atoms with Crippen molar-refractivity contribution >= 4 is 5.78 Å². The largest absolute Gasteiger partial charge is 0.368 e. The monoisotopic (exact) mass is 180 g/mol. The van der Waals surface area contributed by atoms with Gasteiger partial charge in [0.1, 0.15) is 0 Å². The van der Waals surface area contributed by atoms with E-state index in [4.69, 9.17) is 10.2 Å². The Balaban J connectivity index is 2.59. The van der Waals surface area contributed by atoms with Crippen LogP contribution in [-0.4, -0.2) is 22.3 Å². The second kappa shape index (κ2) is 4.16. The van der Waals surface area contributed by atoms with Crippen molar-refractivity contribution in [1.29, 1.82) is 0 Å². The average Bonchev–Trinajstić information content (AvgIpc) is 2.04. The average molecular weight is 180 g/mol. The smallest absolute Gasteiger partial charge is 0.167 e. The second-order valence-electron chi connectivity index (χ2n) is 2.96. The Bertz CT molecular complexity index is 285. The van der Waals surface area contributed by atoms with Crippen LogP contribution in [0.1, 0.15) is 12.8 Å². The zero-order valence-corrected chi connectivity index (χ0v) is 7.23. The van der Waals surface area contributed by atoms with Crippen molar-refractivity contribution < 1.29 is 15.0 Å². The van der Waals surface area contributed by atoms with Crippen LogP contribution in [0.4, 0.5) is 0 Å². The predicted molar refractivity (Wildman–Crippen MR) is 48.8 cm³/mol. The lowest BCUT2D eigenvalue weighted by molar-refractivity contribution is -0.123. The van der Waals surface area contributed by atoms with E-state index in [1.165, 1.54) is 0 Å². The van der Waals surface area contributed by atoms with Crippen molar-refractivity contribution in [3.8, 4) is 0 Å². The summed E-state index contributed by atoms with van der Waals surface area (Å²) < 4.78 is 0. The van der Waals surface area contributed by atoms with Gasteiger partial charge in [0, 0.05) is 5.57 Å². The molecule has 70 valence electrons. The van der Waals surface area contributed by atoms with Crippen molar-refractivity contribution in [2.24, 2.45) is 0 Å². The standard InChI is InChI=1S/C10H12O3/c1-7-2-4-8(5-3-7)9(11)6-10(12)13/h2,4-5,10,12-13H,1,3,6H2. The molecule has 1 aliphatic carbocycles. The number of carbonyl (C=O) groups is 1. The molecule has 0 amide bonds. The first-order chi connectivity index (χ1) is 6.09. The van der Waals surface area contributed by atoms with E-state index < -0.39 is 6.29 Å². The van der Waals surface area contributed by atoms with E-state index in [0.717, 1.165) is 5.57 Å². The van der Waals surface area contributed by atoms with Gasteiger partial charge in [0.15, 0.2) is 12.1 Å². The van der Waals surface area contributed by atoms with Gasteiger partial charge in [0.25, 0.3) is 0 Å². The fourth-order valence-corrected chi connectivity index (χ4v) is 1.08. The number of hydrogen-bond acceptors (Lipinski definition) is 3. The van der Waals surface area contributed by atoms with Gasteiger partial charge in [-0.2, -0.15) is 0 Å². The maximum absolute atomic E-state index is 11.2. The summed E-state index contributed by atoms with van der Waals surface area (Å²) in [4.78, 5) is 11.2. The molecule has 0 radical (unpaired) electrons. The van der Waals surface area contributed by atoms with Crippen molar-refractivity contribution in [3.05, 3.63) is 36.0 Å². The van der Waals surface area contributed by atoms with Gasteiger partial charge in [0.05, 0.1) is 6.42 Å². The Morgan fingerprint density at radius 2 is 2.23 bits per heavy atom. The van der Waals surface area contributed by atoms with Gasteiger partial charge in [-0.25, -0.2) is 0 Å². The third kappa shape index (κ3) is 2.97. The van der Waals surface area contributed by atoms with Crippen LogP contribution < -0.4 is 0 Å². The van der Waals surface area contributed by atoms with Gasteiger partial charge in [-0.05, 0) is 6.42 Å². The number of aliphatic hydroxyl groups is 2. The van der Waals surface area contributed by atoms with E-state index in [0.29, 0.717) is 12.0 Å². The van der Waals surface area contributed by atoms with Crippen LogP contribution in [0, 0.1) is 0 Å². The Kier molecular flexibility index (Phi) is 3.17. The lowest BCUT2D eigenvalue weighted by atomic mass is 9.99. The molecule has 0 aliphatic heterocycles. The number of hydrogen-bond donors (Lipinski definition) is 2. The van der Waals surface area contributed by atoms with Crippen LogP contribution in [0.25, 0.3) is 0 Å². The maximum Gasteiger partial charge on any atom is 0.167 e. The third-order valence-electron chi connectivity index (χ3n) is 1.77. The molecular formula is C10H12O3. The van der Waals surface area contributed by atoms with Crippen LogP contribution >= 0.6 is 0 Å². The quantitative estimate of drug-likeness (QED) is 0.628. The Labute approximate surface area is 76.7 Å². The van der Waals surface area contributed by atoms with E-state index in [1.54, 1.807) is 18.2 Å². The minimum absolute atomic E-state index is 0.247. The molecule has 0 unspecified atom stereocenters. The zero-order chi connectivity index (χ0) is 9.84. The summed E-state index contributed by atoms with van der Waals surface area (Å²) in [5.74, 6) is -0.251. The number of ketones is 1. The van der Waals surface area contributed by atoms with E-state index in [-0.39, 0.29) is 12.2 Å². The van der Waals surface area contributed by atoms with Crippen molar-refractivity contribution in [1.82, 2.24) is 0 Å². The molecule has 0 aromatic carbocycles. The minimum atomic E-state index is -1.56. The van der Waals surface area contributed by atoms with E-state index in [1.807, 2.05) is 0 Å². The van der Waals surface area contributed by atoms with Gasteiger partial charge in [-0.3, -0.25) is 4.79 Å². The van der Waals surface area contributed by atoms with Crippen LogP contribution in [0.15, 0.2) is 36.0 Å². The highest BCUT2D eigenvalue weighted by Crippen LogP contribution is 2.15. The molecular weight excluding hydrogens is 168 g/mol. The molecule has 0 aromatic rings. The van der Waals surface area contributed by atoms with Gasteiger partial charge in [0.2, 0.25) is 0 Å². The third-order valence-corrected chi connectivity index (χ3v) is 1.77. The molecule has 0 saturated carbocycles.